The molecule has 78 valence electrons. The minimum atomic E-state index is 0.160. The van der Waals surface area contributed by atoms with Crippen molar-refractivity contribution in [3.05, 3.63) is 34.3 Å². The van der Waals surface area contributed by atoms with Crippen LogP contribution in [-0.2, 0) is 0 Å². The summed E-state index contributed by atoms with van der Waals surface area (Å²) in [5, 5.41) is 0. The molecular formula is C12H18BrN. The van der Waals surface area contributed by atoms with E-state index in [0.717, 1.165) is 4.47 Å². The lowest BCUT2D eigenvalue weighted by Crippen LogP contribution is -2.18. The van der Waals surface area contributed by atoms with Gasteiger partial charge in [0.15, 0.2) is 0 Å². The van der Waals surface area contributed by atoms with Crippen molar-refractivity contribution in [3.8, 4) is 0 Å². The molecule has 1 rings (SSSR count). The Hall–Kier alpha value is -0.340. The average Bonchev–Trinajstić information content (AvgIpc) is 2.17. The van der Waals surface area contributed by atoms with Gasteiger partial charge in [0.05, 0.1) is 0 Å². The number of hydrogen-bond donors (Lipinski definition) is 1. The largest absolute Gasteiger partial charge is 0.324 e. The minimum Gasteiger partial charge on any atom is -0.324 e. The first-order valence-electron chi connectivity index (χ1n) is 5.16. The minimum absolute atomic E-state index is 0.160. The van der Waals surface area contributed by atoms with Crippen molar-refractivity contribution < 1.29 is 0 Å². The summed E-state index contributed by atoms with van der Waals surface area (Å²) in [6.07, 6.45) is 2.39. The van der Waals surface area contributed by atoms with E-state index in [1.165, 1.54) is 18.4 Å². The van der Waals surface area contributed by atoms with Gasteiger partial charge in [-0.05, 0) is 30.0 Å². The van der Waals surface area contributed by atoms with E-state index in [2.05, 4.69) is 41.9 Å². The number of nitrogens with two attached hydrogens (primary N) is 1. The van der Waals surface area contributed by atoms with Crippen molar-refractivity contribution >= 4 is 15.9 Å². The molecule has 14 heavy (non-hydrogen) atoms. The molecule has 0 fully saturated rings. The fourth-order valence-electron chi connectivity index (χ4n) is 1.68. The van der Waals surface area contributed by atoms with E-state index < -0.39 is 0 Å². The van der Waals surface area contributed by atoms with Gasteiger partial charge in [-0.3, -0.25) is 0 Å². The third-order valence-electron chi connectivity index (χ3n) is 2.59. The van der Waals surface area contributed by atoms with Crippen molar-refractivity contribution in [2.24, 2.45) is 11.7 Å². The molecule has 0 aromatic heterocycles. The summed E-state index contributed by atoms with van der Waals surface area (Å²) in [5.74, 6) is 0.550. The van der Waals surface area contributed by atoms with E-state index in [9.17, 15) is 0 Å². The molecule has 2 unspecified atom stereocenters. The molecule has 0 amide bonds. The second kappa shape index (κ2) is 5.52. The van der Waals surface area contributed by atoms with Crippen molar-refractivity contribution in [1.29, 1.82) is 0 Å². The molecule has 2 heteroatoms. The van der Waals surface area contributed by atoms with Crippen molar-refractivity contribution in [3.63, 3.8) is 0 Å². The van der Waals surface area contributed by atoms with E-state index in [1.54, 1.807) is 0 Å². The summed E-state index contributed by atoms with van der Waals surface area (Å²) in [6.45, 7) is 4.42. The smallest absolute Gasteiger partial charge is 0.0321 e. The van der Waals surface area contributed by atoms with Crippen LogP contribution in [0.4, 0.5) is 0 Å². The number of rotatable bonds is 4. The van der Waals surface area contributed by atoms with Gasteiger partial charge in [0.25, 0.3) is 0 Å². The van der Waals surface area contributed by atoms with Crippen molar-refractivity contribution in [2.45, 2.75) is 32.7 Å². The van der Waals surface area contributed by atoms with Crippen LogP contribution < -0.4 is 5.73 Å². The molecule has 0 aliphatic rings. The molecule has 0 saturated carbocycles. The quantitative estimate of drug-likeness (QED) is 0.869. The zero-order valence-corrected chi connectivity index (χ0v) is 10.4. The normalized spacial score (nSPS) is 15.1. The topological polar surface area (TPSA) is 26.0 Å². The molecule has 0 radical (unpaired) electrons. The van der Waals surface area contributed by atoms with Crippen LogP contribution in [0, 0.1) is 5.92 Å². The fraction of sp³-hybridized carbons (Fsp3) is 0.500. The van der Waals surface area contributed by atoms with Gasteiger partial charge in [-0.1, -0.05) is 48.3 Å². The second-order valence-electron chi connectivity index (χ2n) is 3.85. The maximum atomic E-state index is 6.17. The Morgan fingerprint density at radius 3 is 2.71 bits per heavy atom. The summed E-state index contributed by atoms with van der Waals surface area (Å²) in [6, 6.07) is 8.43. The van der Waals surface area contributed by atoms with Crippen LogP contribution in [0.5, 0.6) is 0 Å². The third-order valence-corrected chi connectivity index (χ3v) is 3.08. The van der Waals surface area contributed by atoms with Crippen molar-refractivity contribution in [1.82, 2.24) is 0 Å². The molecule has 2 atom stereocenters. The number of hydrogen-bond acceptors (Lipinski definition) is 1. The molecular weight excluding hydrogens is 238 g/mol. The fourth-order valence-corrected chi connectivity index (χ4v) is 2.09. The van der Waals surface area contributed by atoms with Gasteiger partial charge in [-0.2, -0.15) is 0 Å². The van der Waals surface area contributed by atoms with Crippen LogP contribution in [0.1, 0.15) is 38.3 Å². The van der Waals surface area contributed by atoms with Gasteiger partial charge in [0.2, 0.25) is 0 Å². The van der Waals surface area contributed by atoms with Crippen LogP contribution in [0.15, 0.2) is 28.7 Å². The average molecular weight is 256 g/mol. The Morgan fingerprint density at radius 2 is 2.14 bits per heavy atom. The van der Waals surface area contributed by atoms with Gasteiger partial charge in [-0.15, -0.1) is 0 Å². The molecule has 0 bridgehead atoms. The molecule has 0 aliphatic carbocycles. The summed E-state index contributed by atoms with van der Waals surface area (Å²) >= 11 is 3.46. The highest BCUT2D eigenvalue weighted by Gasteiger charge is 2.13. The van der Waals surface area contributed by atoms with E-state index in [0.29, 0.717) is 5.92 Å². The van der Waals surface area contributed by atoms with E-state index in [1.807, 2.05) is 12.1 Å². The Kier molecular flexibility index (Phi) is 4.63. The zero-order valence-electron chi connectivity index (χ0n) is 8.83. The summed E-state index contributed by atoms with van der Waals surface area (Å²) < 4.78 is 1.11. The van der Waals surface area contributed by atoms with E-state index in [4.69, 9.17) is 5.73 Å². The van der Waals surface area contributed by atoms with E-state index in [-0.39, 0.29) is 6.04 Å². The van der Waals surface area contributed by atoms with Gasteiger partial charge in [-0.25, -0.2) is 0 Å². The molecule has 0 saturated heterocycles. The highest BCUT2D eigenvalue weighted by molar-refractivity contribution is 9.10. The first kappa shape index (κ1) is 11.7. The predicted molar refractivity (Wildman–Crippen MR) is 65.1 cm³/mol. The SMILES string of the molecule is CCCC(C)C(N)c1cccc(Br)c1. The van der Waals surface area contributed by atoms with Crippen LogP contribution in [0.25, 0.3) is 0 Å². The van der Waals surface area contributed by atoms with Crippen LogP contribution in [-0.4, -0.2) is 0 Å². The summed E-state index contributed by atoms with van der Waals surface area (Å²) in [7, 11) is 0. The first-order valence-corrected chi connectivity index (χ1v) is 5.95. The molecule has 0 heterocycles. The summed E-state index contributed by atoms with van der Waals surface area (Å²) in [4.78, 5) is 0. The Morgan fingerprint density at radius 1 is 1.43 bits per heavy atom. The first-order chi connectivity index (χ1) is 6.65. The lowest BCUT2D eigenvalue weighted by atomic mass is 9.92. The Labute approximate surface area is 94.8 Å². The van der Waals surface area contributed by atoms with E-state index >= 15 is 0 Å². The molecule has 1 aromatic carbocycles. The summed E-state index contributed by atoms with van der Waals surface area (Å²) in [5.41, 5.74) is 7.40. The maximum Gasteiger partial charge on any atom is 0.0321 e. The van der Waals surface area contributed by atoms with Gasteiger partial charge < -0.3 is 5.73 Å². The van der Waals surface area contributed by atoms with Crippen LogP contribution >= 0.6 is 15.9 Å². The van der Waals surface area contributed by atoms with Gasteiger partial charge >= 0.3 is 0 Å². The molecule has 2 N–H and O–H groups in total. The monoisotopic (exact) mass is 255 g/mol. The van der Waals surface area contributed by atoms with Gasteiger partial charge in [0, 0.05) is 10.5 Å². The lowest BCUT2D eigenvalue weighted by molar-refractivity contribution is 0.433. The van der Waals surface area contributed by atoms with Gasteiger partial charge in [0.1, 0.15) is 0 Å². The second-order valence-corrected chi connectivity index (χ2v) is 4.76. The molecule has 1 aromatic rings. The predicted octanol–water partition coefficient (Wildman–Crippen LogP) is 3.89. The molecule has 0 aliphatic heterocycles. The molecule has 0 spiro atoms. The van der Waals surface area contributed by atoms with Crippen LogP contribution in [0.2, 0.25) is 0 Å². The standard InChI is InChI=1S/C12H18BrN/c1-3-5-9(2)12(14)10-6-4-7-11(13)8-10/h4,6-9,12H,3,5,14H2,1-2H3. The zero-order chi connectivity index (χ0) is 10.6. The Bertz CT molecular complexity index is 285. The van der Waals surface area contributed by atoms with Crippen molar-refractivity contribution in [2.75, 3.05) is 0 Å². The number of benzene rings is 1. The highest BCUT2D eigenvalue weighted by Crippen LogP contribution is 2.24. The third kappa shape index (κ3) is 3.10. The maximum absolute atomic E-state index is 6.17. The molecule has 1 nitrogen and oxygen atoms in total. The highest BCUT2D eigenvalue weighted by atomic mass is 79.9. The Balaban J connectivity index is 2.73. The lowest BCUT2D eigenvalue weighted by Gasteiger charge is -2.19. The number of halogens is 1. The van der Waals surface area contributed by atoms with Crippen LogP contribution in [0.3, 0.4) is 0 Å².